The average molecular weight is 613 g/mol. The standard InChI is InChI=1S/C34H41FN8O2/c1-22-7-6-8-26-15-37-17-30(31(22)26)41-12-11-28-29(20-41)38-34(45-21-23(2)40(5)18-25-9-10-25)39-32(28)42-13-14-43(33(44)24(3)35)27(19-42)16-36-4/h6-8,15,17,23,25,27H,3,9-14,16,18-21H2,1-2,5H3/t23-,27-/m0/s1. The van der Waals surface area contributed by atoms with Gasteiger partial charge in [0.25, 0.3) is 5.91 Å². The first-order valence-corrected chi connectivity index (χ1v) is 15.8. The predicted octanol–water partition coefficient (Wildman–Crippen LogP) is 4.42. The number of ether oxygens (including phenoxy) is 1. The van der Waals surface area contributed by atoms with Crippen molar-refractivity contribution < 1.29 is 13.9 Å². The van der Waals surface area contributed by atoms with Crippen molar-refractivity contribution in [3.05, 3.63) is 71.2 Å². The Morgan fingerprint density at radius 3 is 2.80 bits per heavy atom. The van der Waals surface area contributed by atoms with Gasteiger partial charge in [-0.3, -0.25) is 9.78 Å². The molecule has 1 saturated carbocycles. The number of hydrogen-bond donors (Lipinski definition) is 0. The third-order valence-corrected chi connectivity index (χ3v) is 9.36. The molecule has 3 aliphatic rings. The second kappa shape index (κ2) is 13.0. The molecule has 45 heavy (non-hydrogen) atoms. The molecule has 4 heterocycles. The number of likely N-dealkylation sites (N-methyl/N-ethyl adjacent to an activating group) is 1. The van der Waals surface area contributed by atoms with Gasteiger partial charge in [-0.15, -0.1) is 0 Å². The van der Waals surface area contributed by atoms with Crippen molar-refractivity contribution in [2.75, 3.05) is 62.7 Å². The predicted molar refractivity (Wildman–Crippen MR) is 173 cm³/mol. The Bertz CT molecular complexity index is 1630. The van der Waals surface area contributed by atoms with E-state index >= 15 is 0 Å². The Labute approximate surface area is 264 Å². The fourth-order valence-electron chi connectivity index (χ4n) is 6.50. The van der Waals surface area contributed by atoms with Crippen molar-refractivity contribution in [2.24, 2.45) is 5.92 Å². The van der Waals surface area contributed by atoms with E-state index in [-0.39, 0.29) is 19.1 Å². The van der Waals surface area contributed by atoms with Crippen LogP contribution >= 0.6 is 0 Å². The number of halogens is 1. The highest BCUT2D eigenvalue weighted by Crippen LogP contribution is 2.35. The molecule has 236 valence electrons. The normalized spacial score (nSPS) is 18.9. The number of rotatable bonds is 10. The van der Waals surface area contributed by atoms with Crippen LogP contribution in [0.2, 0.25) is 0 Å². The summed E-state index contributed by atoms with van der Waals surface area (Å²) in [7, 11) is 2.13. The summed E-state index contributed by atoms with van der Waals surface area (Å²) in [6.07, 6.45) is 7.14. The largest absolute Gasteiger partial charge is 0.462 e. The molecule has 1 aliphatic carbocycles. The summed E-state index contributed by atoms with van der Waals surface area (Å²) in [5, 5.41) is 2.29. The van der Waals surface area contributed by atoms with Crippen LogP contribution < -0.4 is 14.5 Å². The van der Waals surface area contributed by atoms with Crippen LogP contribution in [-0.4, -0.2) is 95.7 Å². The highest BCUT2D eigenvalue weighted by atomic mass is 19.1. The van der Waals surface area contributed by atoms with Gasteiger partial charge < -0.3 is 29.2 Å². The van der Waals surface area contributed by atoms with E-state index in [0.29, 0.717) is 38.7 Å². The van der Waals surface area contributed by atoms with Crippen LogP contribution in [0, 0.1) is 19.4 Å². The van der Waals surface area contributed by atoms with Gasteiger partial charge in [0.2, 0.25) is 6.54 Å². The Hall–Kier alpha value is -4.30. The monoisotopic (exact) mass is 612 g/mol. The van der Waals surface area contributed by atoms with Gasteiger partial charge in [-0.2, -0.15) is 9.97 Å². The number of benzene rings is 1. The molecule has 1 saturated heterocycles. The second-order valence-electron chi connectivity index (χ2n) is 12.6. The topological polar surface area (TPSA) is 82.3 Å². The van der Waals surface area contributed by atoms with Gasteiger partial charge in [0.05, 0.1) is 24.1 Å². The van der Waals surface area contributed by atoms with E-state index in [1.807, 2.05) is 12.4 Å². The molecule has 2 atom stereocenters. The summed E-state index contributed by atoms with van der Waals surface area (Å²) >= 11 is 0. The van der Waals surface area contributed by atoms with Crippen molar-refractivity contribution in [3.63, 3.8) is 0 Å². The van der Waals surface area contributed by atoms with Gasteiger partial charge in [-0.1, -0.05) is 24.8 Å². The number of piperazine rings is 1. The Morgan fingerprint density at radius 1 is 1.22 bits per heavy atom. The zero-order valence-corrected chi connectivity index (χ0v) is 26.4. The number of amides is 1. The molecule has 1 aromatic carbocycles. The molecule has 0 unspecified atom stereocenters. The number of carbonyl (C=O) groups is 1. The number of hydrogen-bond acceptors (Lipinski definition) is 8. The van der Waals surface area contributed by atoms with Crippen LogP contribution in [0.25, 0.3) is 15.6 Å². The van der Waals surface area contributed by atoms with E-state index in [1.54, 1.807) is 0 Å². The second-order valence-corrected chi connectivity index (χ2v) is 12.6. The Kier molecular flexibility index (Phi) is 8.85. The first-order valence-electron chi connectivity index (χ1n) is 15.8. The summed E-state index contributed by atoms with van der Waals surface area (Å²) in [6, 6.07) is 6.31. The third-order valence-electron chi connectivity index (χ3n) is 9.36. The molecule has 3 aromatic rings. The summed E-state index contributed by atoms with van der Waals surface area (Å²) in [6.45, 7) is 18.9. The molecule has 2 aliphatic heterocycles. The van der Waals surface area contributed by atoms with Gasteiger partial charge in [-0.25, -0.2) is 11.0 Å². The molecule has 6 rings (SSSR count). The van der Waals surface area contributed by atoms with Crippen molar-refractivity contribution in [1.82, 2.24) is 24.8 Å². The lowest BCUT2D eigenvalue weighted by atomic mass is 10.0. The van der Waals surface area contributed by atoms with E-state index in [2.05, 4.69) is 70.2 Å². The molecule has 1 amide bonds. The highest BCUT2D eigenvalue weighted by molar-refractivity contribution is 5.96. The molecule has 0 spiro atoms. The molecular weight excluding hydrogens is 571 g/mol. The van der Waals surface area contributed by atoms with Crippen LogP contribution in [0.1, 0.15) is 36.6 Å². The zero-order valence-electron chi connectivity index (χ0n) is 26.4. The zero-order chi connectivity index (χ0) is 31.7. The first kappa shape index (κ1) is 30.7. The molecule has 2 fully saturated rings. The number of nitrogens with zero attached hydrogens (tertiary/aromatic N) is 8. The minimum Gasteiger partial charge on any atom is -0.462 e. The van der Waals surface area contributed by atoms with Crippen LogP contribution in [-0.2, 0) is 17.8 Å². The number of aryl methyl sites for hydroxylation is 1. The summed E-state index contributed by atoms with van der Waals surface area (Å²) in [4.78, 5) is 38.7. The molecule has 0 radical (unpaired) electrons. The lowest BCUT2D eigenvalue weighted by Gasteiger charge is -2.41. The van der Waals surface area contributed by atoms with E-state index in [0.717, 1.165) is 47.2 Å². The van der Waals surface area contributed by atoms with Crippen LogP contribution in [0.5, 0.6) is 6.01 Å². The van der Waals surface area contributed by atoms with Crippen LogP contribution in [0.15, 0.2) is 43.0 Å². The van der Waals surface area contributed by atoms with Gasteiger partial charge in [0.15, 0.2) is 5.83 Å². The molecule has 11 heteroatoms. The number of carbonyl (C=O) groups excluding carboxylic acids is 1. The summed E-state index contributed by atoms with van der Waals surface area (Å²) in [5.74, 6) is -0.212. The van der Waals surface area contributed by atoms with Crippen molar-refractivity contribution in [1.29, 1.82) is 0 Å². The minimum atomic E-state index is -1.01. The SMILES string of the molecule is [C-]#[N+]C[C@H]1CN(c2nc(OC[C@H](C)N(C)CC3CC3)nc3c2CCN(c2cncc4cccc(C)c24)C3)CCN1C(=O)C(=C)F. The smallest absolute Gasteiger partial charge is 0.318 e. The quantitative estimate of drug-likeness (QED) is 0.246. The fourth-order valence-corrected chi connectivity index (χ4v) is 6.50. The molecule has 10 nitrogen and oxygen atoms in total. The van der Waals surface area contributed by atoms with E-state index in [9.17, 15) is 9.18 Å². The maximum Gasteiger partial charge on any atom is 0.318 e. The first-order chi connectivity index (χ1) is 21.7. The van der Waals surface area contributed by atoms with Crippen LogP contribution in [0.4, 0.5) is 15.9 Å². The summed E-state index contributed by atoms with van der Waals surface area (Å²) < 4.78 is 20.1. The maximum absolute atomic E-state index is 13.8. The molecular formula is C34H41FN8O2. The number of anilines is 2. The highest BCUT2D eigenvalue weighted by Gasteiger charge is 2.36. The van der Waals surface area contributed by atoms with Crippen molar-refractivity contribution in [3.8, 4) is 6.01 Å². The fraction of sp³-hybridized carbons (Fsp3) is 0.500. The Balaban J connectivity index is 1.31. The van der Waals surface area contributed by atoms with E-state index in [4.69, 9.17) is 21.3 Å². The average Bonchev–Trinajstić information content (AvgIpc) is 3.86. The minimum absolute atomic E-state index is 0.0677. The maximum atomic E-state index is 13.8. The van der Waals surface area contributed by atoms with Gasteiger partial charge in [-0.05, 0) is 51.6 Å². The van der Waals surface area contributed by atoms with Crippen LogP contribution in [0.3, 0.4) is 0 Å². The lowest BCUT2D eigenvalue weighted by molar-refractivity contribution is -0.131. The Morgan fingerprint density at radius 2 is 2.04 bits per heavy atom. The third kappa shape index (κ3) is 6.57. The van der Waals surface area contributed by atoms with Gasteiger partial charge >= 0.3 is 6.01 Å². The van der Waals surface area contributed by atoms with Crippen molar-refractivity contribution >= 4 is 28.2 Å². The molecule has 0 N–H and O–H groups in total. The van der Waals surface area contributed by atoms with E-state index < -0.39 is 17.8 Å². The molecule has 2 aromatic heterocycles. The summed E-state index contributed by atoms with van der Waals surface area (Å²) in [5.41, 5.74) is 4.20. The van der Waals surface area contributed by atoms with Gasteiger partial charge in [0, 0.05) is 61.3 Å². The number of aromatic nitrogens is 3. The van der Waals surface area contributed by atoms with Gasteiger partial charge in [0.1, 0.15) is 18.5 Å². The molecule has 0 bridgehead atoms. The number of pyridine rings is 1. The van der Waals surface area contributed by atoms with Crippen molar-refractivity contribution in [2.45, 2.75) is 51.7 Å². The number of fused-ring (bicyclic) bond motifs is 2. The lowest BCUT2D eigenvalue weighted by Crippen LogP contribution is -2.57. The van der Waals surface area contributed by atoms with E-state index in [1.165, 1.54) is 28.7 Å².